The van der Waals surface area contributed by atoms with Crippen LogP contribution in [0, 0.1) is 30.4 Å². The smallest absolute Gasteiger partial charge is 0.207 e. The third-order valence-corrected chi connectivity index (χ3v) is 4.63. The molecule has 0 N–H and O–H groups in total. The lowest BCUT2D eigenvalue weighted by molar-refractivity contribution is -0.109. The first-order valence-corrected chi connectivity index (χ1v) is 8.06. The number of alkyl halides is 3. The van der Waals surface area contributed by atoms with Gasteiger partial charge in [-0.3, -0.25) is 0 Å². The maximum absolute atomic E-state index is 13.8. The van der Waals surface area contributed by atoms with Gasteiger partial charge in [-0.1, -0.05) is 0 Å². The van der Waals surface area contributed by atoms with Crippen LogP contribution in [0.25, 0.3) is 0 Å². The Labute approximate surface area is 137 Å². The Kier molecular flexibility index (Phi) is 5.99. The molecular formula is C18H20F6. The predicted octanol–water partition coefficient (Wildman–Crippen LogP) is 6.43. The van der Waals surface area contributed by atoms with Crippen molar-refractivity contribution in [2.45, 2.75) is 51.6 Å². The van der Waals surface area contributed by atoms with Crippen LogP contribution < -0.4 is 0 Å². The van der Waals surface area contributed by atoms with Crippen LogP contribution >= 0.6 is 0 Å². The molecule has 0 aliphatic heterocycles. The average Bonchev–Trinajstić information content (AvgIpc) is 2.46. The largest absolute Gasteiger partial charge is 0.442 e. The Bertz CT molecular complexity index is 571. The van der Waals surface area contributed by atoms with Crippen LogP contribution in [0.1, 0.15) is 43.2 Å². The lowest BCUT2D eigenvalue weighted by atomic mass is 9.79. The fraction of sp³-hybridized carbons (Fsp3) is 0.556. The number of aryl methyl sites for hydroxylation is 1. The number of hydrogen-bond acceptors (Lipinski definition) is 0. The van der Waals surface area contributed by atoms with Gasteiger partial charge in [0, 0.05) is 5.56 Å². The van der Waals surface area contributed by atoms with E-state index in [1.165, 1.54) is 12.1 Å². The van der Waals surface area contributed by atoms with E-state index in [0.29, 0.717) is 43.7 Å². The van der Waals surface area contributed by atoms with Crippen molar-refractivity contribution >= 4 is 0 Å². The van der Waals surface area contributed by atoms with Crippen molar-refractivity contribution in [3.05, 3.63) is 46.8 Å². The van der Waals surface area contributed by atoms with E-state index in [4.69, 9.17) is 0 Å². The van der Waals surface area contributed by atoms with E-state index in [0.717, 1.165) is 0 Å². The molecule has 6 heteroatoms. The van der Waals surface area contributed by atoms with Crippen molar-refractivity contribution in [2.24, 2.45) is 11.8 Å². The van der Waals surface area contributed by atoms with E-state index in [1.54, 1.807) is 6.92 Å². The van der Waals surface area contributed by atoms with Crippen molar-refractivity contribution in [3.8, 4) is 0 Å². The van der Waals surface area contributed by atoms with Gasteiger partial charge in [0.05, 0.1) is 0 Å². The molecule has 24 heavy (non-hydrogen) atoms. The van der Waals surface area contributed by atoms with Crippen LogP contribution in [0.2, 0.25) is 0 Å². The SMILES string of the molecule is Cc1cc(F)c(CCC2CCC(C=C(F)C(F)(F)F)CC2)c(F)c1. The highest BCUT2D eigenvalue weighted by Gasteiger charge is 2.35. The number of benzene rings is 1. The lowest BCUT2D eigenvalue weighted by Crippen LogP contribution is -2.16. The van der Waals surface area contributed by atoms with E-state index in [1.807, 2.05) is 0 Å². The van der Waals surface area contributed by atoms with E-state index in [2.05, 4.69) is 0 Å². The molecule has 1 saturated carbocycles. The second-order valence-corrected chi connectivity index (χ2v) is 6.54. The molecule has 1 aromatic carbocycles. The zero-order chi connectivity index (χ0) is 17.9. The van der Waals surface area contributed by atoms with Crippen molar-refractivity contribution in [1.29, 1.82) is 0 Å². The summed E-state index contributed by atoms with van der Waals surface area (Å²) in [5.41, 5.74) is 0.582. The van der Waals surface area contributed by atoms with Crippen molar-refractivity contribution in [3.63, 3.8) is 0 Å². The Morgan fingerprint density at radius 2 is 1.62 bits per heavy atom. The maximum atomic E-state index is 13.8. The van der Waals surface area contributed by atoms with E-state index >= 15 is 0 Å². The normalized spacial score (nSPS) is 22.7. The first-order chi connectivity index (χ1) is 11.2. The van der Waals surface area contributed by atoms with Gasteiger partial charge < -0.3 is 0 Å². The number of hydrogen-bond donors (Lipinski definition) is 0. The van der Waals surface area contributed by atoms with Crippen molar-refractivity contribution in [1.82, 2.24) is 0 Å². The van der Waals surface area contributed by atoms with Crippen molar-refractivity contribution < 1.29 is 26.3 Å². The molecule has 0 spiro atoms. The number of rotatable bonds is 4. The van der Waals surface area contributed by atoms with Gasteiger partial charge in [0.15, 0.2) is 5.83 Å². The molecule has 0 amide bonds. The summed E-state index contributed by atoms with van der Waals surface area (Å²) >= 11 is 0. The molecule has 134 valence electrons. The summed E-state index contributed by atoms with van der Waals surface area (Å²) in [6, 6.07) is 2.58. The van der Waals surface area contributed by atoms with Gasteiger partial charge in [-0.2, -0.15) is 13.2 Å². The summed E-state index contributed by atoms with van der Waals surface area (Å²) in [6.45, 7) is 1.62. The Hall–Kier alpha value is -1.46. The third kappa shape index (κ3) is 5.02. The van der Waals surface area contributed by atoms with Gasteiger partial charge in [0.2, 0.25) is 0 Å². The standard InChI is InChI=1S/C18H20F6/c1-11-8-15(19)14(16(20)9-11)7-6-12-2-4-13(5-3-12)10-17(21)18(22,23)24/h8-10,12-13H,2-7H2,1H3. The maximum Gasteiger partial charge on any atom is 0.442 e. The topological polar surface area (TPSA) is 0 Å². The highest BCUT2D eigenvalue weighted by molar-refractivity contribution is 5.25. The molecule has 1 fully saturated rings. The zero-order valence-electron chi connectivity index (χ0n) is 13.4. The van der Waals surface area contributed by atoms with Crippen LogP contribution in [0.3, 0.4) is 0 Å². The van der Waals surface area contributed by atoms with Gasteiger partial charge in [-0.25, -0.2) is 13.2 Å². The summed E-state index contributed by atoms with van der Waals surface area (Å²) in [4.78, 5) is 0. The highest BCUT2D eigenvalue weighted by atomic mass is 19.4. The molecule has 0 atom stereocenters. The van der Waals surface area contributed by atoms with Crippen LogP contribution in [-0.4, -0.2) is 6.18 Å². The highest BCUT2D eigenvalue weighted by Crippen LogP contribution is 2.36. The van der Waals surface area contributed by atoms with Gasteiger partial charge in [-0.15, -0.1) is 0 Å². The first kappa shape index (κ1) is 18.9. The fourth-order valence-electron chi connectivity index (χ4n) is 3.26. The van der Waals surface area contributed by atoms with E-state index in [-0.39, 0.29) is 17.9 Å². The molecule has 0 aromatic heterocycles. The minimum Gasteiger partial charge on any atom is -0.207 e. The molecule has 0 bridgehead atoms. The Morgan fingerprint density at radius 3 is 2.12 bits per heavy atom. The monoisotopic (exact) mass is 350 g/mol. The van der Waals surface area contributed by atoms with Crippen LogP contribution in [0.4, 0.5) is 26.3 Å². The van der Waals surface area contributed by atoms with Crippen LogP contribution in [0.15, 0.2) is 24.0 Å². The van der Waals surface area contributed by atoms with Crippen LogP contribution in [-0.2, 0) is 6.42 Å². The summed E-state index contributed by atoms with van der Waals surface area (Å²) in [5, 5.41) is 0. The Morgan fingerprint density at radius 1 is 1.08 bits per heavy atom. The third-order valence-electron chi connectivity index (χ3n) is 4.63. The summed E-state index contributed by atoms with van der Waals surface area (Å²) in [7, 11) is 0. The second-order valence-electron chi connectivity index (χ2n) is 6.54. The predicted molar refractivity (Wildman–Crippen MR) is 80.1 cm³/mol. The van der Waals surface area contributed by atoms with Crippen LogP contribution in [0.5, 0.6) is 0 Å². The quantitative estimate of drug-likeness (QED) is 0.549. The Balaban J connectivity index is 1.86. The summed E-state index contributed by atoms with van der Waals surface area (Å²) in [6.07, 6.45) is -1.20. The minimum atomic E-state index is -4.92. The number of halogens is 6. The lowest BCUT2D eigenvalue weighted by Gasteiger charge is -2.27. The average molecular weight is 350 g/mol. The molecule has 0 radical (unpaired) electrons. The second kappa shape index (κ2) is 7.62. The van der Waals surface area contributed by atoms with Gasteiger partial charge >= 0.3 is 6.18 Å². The van der Waals surface area contributed by atoms with Gasteiger partial charge in [0.1, 0.15) is 11.6 Å². The molecular weight excluding hydrogens is 330 g/mol. The summed E-state index contributed by atoms with van der Waals surface area (Å²) in [5.74, 6) is -3.37. The van der Waals surface area contributed by atoms with Gasteiger partial charge in [0.25, 0.3) is 0 Å². The molecule has 1 aliphatic rings. The molecule has 0 heterocycles. The van der Waals surface area contributed by atoms with E-state index < -0.39 is 29.6 Å². The fourth-order valence-corrected chi connectivity index (χ4v) is 3.26. The molecule has 1 aromatic rings. The molecule has 0 nitrogen and oxygen atoms in total. The first-order valence-electron chi connectivity index (χ1n) is 8.06. The molecule has 0 unspecified atom stereocenters. The minimum absolute atomic E-state index is 0.0609. The summed E-state index contributed by atoms with van der Waals surface area (Å²) < 4.78 is 77.0. The number of allylic oxidation sites excluding steroid dienone is 2. The zero-order valence-corrected chi connectivity index (χ0v) is 13.4. The molecule has 2 rings (SSSR count). The molecule has 0 saturated heterocycles. The van der Waals surface area contributed by atoms with E-state index in [9.17, 15) is 26.3 Å². The van der Waals surface area contributed by atoms with Crippen molar-refractivity contribution in [2.75, 3.05) is 0 Å². The molecule has 1 aliphatic carbocycles. The van der Waals surface area contributed by atoms with Gasteiger partial charge in [-0.05, 0) is 81.1 Å².